The van der Waals surface area contributed by atoms with Crippen LogP contribution in [0, 0.1) is 0 Å². The maximum Gasteiger partial charge on any atom is 0.433 e. The van der Waals surface area contributed by atoms with Crippen LogP contribution in [0.3, 0.4) is 0 Å². The lowest BCUT2D eigenvalue weighted by molar-refractivity contribution is -0.142. The molecular formula is C17H16ClF3N6O. The van der Waals surface area contributed by atoms with Crippen LogP contribution in [0.15, 0.2) is 18.5 Å². The average Bonchev–Trinajstić information content (AvgIpc) is 3.33. The van der Waals surface area contributed by atoms with Gasteiger partial charge in [-0.2, -0.15) is 23.4 Å². The van der Waals surface area contributed by atoms with Crippen LogP contribution >= 0.6 is 11.6 Å². The van der Waals surface area contributed by atoms with Gasteiger partial charge in [-0.1, -0.05) is 11.6 Å². The fourth-order valence-corrected chi connectivity index (χ4v) is 3.26. The first kappa shape index (κ1) is 18.7. The van der Waals surface area contributed by atoms with E-state index < -0.39 is 17.8 Å². The summed E-state index contributed by atoms with van der Waals surface area (Å²) < 4.78 is 42.7. The Balaban J connectivity index is 1.74. The maximum absolute atomic E-state index is 13.5. The predicted molar refractivity (Wildman–Crippen MR) is 94.0 cm³/mol. The van der Waals surface area contributed by atoms with Crippen molar-refractivity contribution < 1.29 is 18.0 Å². The molecule has 0 atom stereocenters. The normalized spacial score (nSPS) is 14.6. The van der Waals surface area contributed by atoms with Crippen molar-refractivity contribution in [3.63, 3.8) is 0 Å². The molecule has 0 saturated heterocycles. The Labute approximate surface area is 162 Å². The molecule has 0 unspecified atom stereocenters. The van der Waals surface area contributed by atoms with E-state index in [1.807, 2.05) is 0 Å². The van der Waals surface area contributed by atoms with E-state index in [4.69, 9.17) is 11.6 Å². The molecule has 148 valence electrons. The van der Waals surface area contributed by atoms with Crippen LogP contribution in [-0.4, -0.2) is 42.2 Å². The highest BCUT2D eigenvalue weighted by Crippen LogP contribution is 2.41. The average molecular weight is 413 g/mol. The van der Waals surface area contributed by atoms with Crippen molar-refractivity contribution >= 4 is 23.2 Å². The number of hydrogen-bond donors (Lipinski definition) is 0. The van der Waals surface area contributed by atoms with E-state index >= 15 is 0 Å². The number of alkyl halides is 3. The zero-order valence-corrected chi connectivity index (χ0v) is 15.8. The molecule has 0 spiro atoms. The minimum atomic E-state index is -4.61. The number of halogens is 4. The number of rotatable bonds is 4. The van der Waals surface area contributed by atoms with Gasteiger partial charge in [-0.05, 0) is 18.9 Å². The lowest BCUT2D eigenvalue weighted by atomic mass is 10.2. The molecule has 1 aliphatic carbocycles. The van der Waals surface area contributed by atoms with Gasteiger partial charge in [0.15, 0.2) is 5.65 Å². The van der Waals surface area contributed by atoms with Crippen LogP contribution in [0.2, 0.25) is 5.02 Å². The van der Waals surface area contributed by atoms with E-state index in [2.05, 4.69) is 15.2 Å². The summed E-state index contributed by atoms with van der Waals surface area (Å²) in [7, 11) is 3.22. The molecule has 3 heterocycles. The van der Waals surface area contributed by atoms with Crippen molar-refractivity contribution in [2.75, 3.05) is 7.05 Å². The quantitative estimate of drug-likeness (QED) is 0.659. The molecule has 0 aromatic carbocycles. The fourth-order valence-electron chi connectivity index (χ4n) is 3.04. The number of hydrogen-bond acceptors (Lipinski definition) is 4. The van der Waals surface area contributed by atoms with E-state index in [0.717, 1.165) is 25.1 Å². The molecule has 11 heteroatoms. The molecule has 1 aliphatic rings. The minimum absolute atomic E-state index is 0.00469. The van der Waals surface area contributed by atoms with Gasteiger partial charge in [-0.15, -0.1) is 0 Å². The predicted octanol–water partition coefficient (Wildman–Crippen LogP) is 3.28. The van der Waals surface area contributed by atoms with Gasteiger partial charge in [-0.25, -0.2) is 9.50 Å². The van der Waals surface area contributed by atoms with Crippen LogP contribution in [0.5, 0.6) is 0 Å². The van der Waals surface area contributed by atoms with E-state index in [0.29, 0.717) is 20.9 Å². The maximum atomic E-state index is 13.5. The van der Waals surface area contributed by atoms with E-state index in [1.54, 1.807) is 7.05 Å². The summed E-state index contributed by atoms with van der Waals surface area (Å²) in [6.07, 6.45) is -0.444. The molecule has 7 nitrogen and oxygen atoms in total. The highest BCUT2D eigenvalue weighted by atomic mass is 35.5. The van der Waals surface area contributed by atoms with Crippen LogP contribution in [0.1, 0.15) is 46.2 Å². The van der Waals surface area contributed by atoms with Gasteiger partial charge in [0.05, 0.1) is 29.7 Å². The summed E-state index contributed by atoms with van der Waals surface area (Å²) in [6, 6.07) is 1.02. The van der Waals surface area contributed by atoms with Crippen molar-refractivity contribution in [1.29, 1.82) is 0 Å². The number of carbonyl (C=O) groups excluding carboxylic acids is 1. The third-order valence-electron chi connectivity index (χ3n) is 4.75. The summed E-state index contributed by atoms with van der Waals surface area (Å²) in [5.74, 6) is -0.504. The number of nitrogens with zero attached hydrogens (tertiary/aromatic N) is 6. The third kappa shape index (κ3) is 3.21. The van der Waals surface area contributed by atoms with Crippen LogP contribution in [0.25, 0.3) is 5.65 Å². The van der Waals surface area contributed by atoms with Crippen LogP contribution in [-0.2, 0) is 19.8 Å². The Morgan fingerprint density at radius 1 is 1.32 bits per heavy atom. The van der Waals surface area contributed by atoms with Gasteiger partial charge >= 0.3 is 6.18 Å². The van der Waals surface area contributed by atoms with E-state index in [9.17, 15) is 18.0 Å². The molecule has 1 fully saturated rings. The first-order chi connectivity index (χ1) is 13.2. The van der Waals surface area contributed by atoms with Crippen molar-refractivity contribution in [1.82, 2.24) is 29.3 Å². The molecule has 28 heavy (non-hydrogen) atoms. The first-order valence-electron chi connectivity index (χ1n) is 8.54. The Morgan fingerprint density at radius 2 is 2.04 bits per heavy atom. The monoisotopic (exact) mass is 412 g/mol. The smallest absolute Gasteiger partial charge is 0.336 e. The summed E-state index contributed by atoms with van der Waals surface area (Å²) >= 11 is 6.07. The lowest BCUT2D eigenvalue weighted by Crippen LogP contribution is -2.27. The molecule has 1 amide bonds. The Bertz CT molecular complexity index is 1050. The van der Waals surface area contributed by atoms with Crippen molar-refractivity contribution in [3.8, 4) is 0 Å². The number of aryl methyl sites for hydroxylation is 1. The molecule has 3 aromatic heterocycles. The SMILES string of the molecule is CN(Cc1c(Cl)cnn1C)C(=O)c1cnn2c(C(F)(F)F)cc(C3CC3)nc12. The molecular weight excluding hydrogens is 397 g/mol. The second-order valence-electron chi connectivity index (χ2n) is 6.86. The Morgan fingerprint density at radius 3 is 2.61 bits per heavy atom. The lowest BCUT2D eigenvalue weighted by Gasteiger charge is -2.17. The Hall–Kier alpha value is -2.62. The van der Waals surface area contributed by atoms with Crippen LogP contribution < -0.4 is 0 Å². The summed E-state index contributed by atoms with van der Waals surface area (Å²) in [6.45, 7) is 0.139. The largest absolute Gasteiger partial charge is 0.433 e. The van der Waals surface area contributed by atoms with Crippen LogP contribution in [0.4, 0.5) is 13.2 Å². The zero-order chi connectivity index (χ0) is 20.2. The minimum Gasteiger partial charge on any atom is -0.336 e. The number of aromatic nitrogens is 5. The van der Waals surface area contributed by atoms with E-state index in [-0.39, 0.29) is 23.7 Å². The van der Waals surface area contributed by atoms with Crippen molar-refractivity contribution in [3.05, 3.63) is 46.1 Å². The fraction of sp³-hybridized carbons (Fsp3) is 0.412. The summed E-state index contributed by atoms with van der Waals surface area (Å²) in [5.41, 5.74) is -0.0717. The highest BCUT2D eigenvalue weighted by Gasteiger charge is 2.38. The number of fused-ring (bicyclic) bond motifs is 1. The molecule has 1 saturated carbocycles. The molecule has 0 bridgehead atoms. The van der Waals surface area contributed by atoms with Gasteiger partial charge in [0.1, 0.15) is 11.3 Å². The van der Waals surface area contributed by atoms with E-state index in [1.165, 1.54) is 22.8 Å². The summed E-state index contributed by atoms with van der Waals surface area (Å²) in [5, 5.41) is 8.19. The molecule has 3 aromatic rings. The first-order valence-corrected chi connectivity index (χ1v) is 8.92. The molecule has 4 rings (SSSR count). The second kappa shape index (κ2) is 6.47. The summed E-state index contributed by atoms with van der Waals surface area (Å²) in [4.78, 5) is 18.6. The van der Waals surface area contributed by atoms with Gasteiger partial charge < -0.3 is 4.90 Å². The molecule has 0 radical (unpaired) electrons. The third-order valence-corrected chi connectivity index (χ3v) is 5.07. The second-order valence-corrected chi connectivity index (χ2v) is 7.26. The highest BCUT2D eigenvalue weighted by molar-refractivity contribution is 6.31. The standard InChI is InChI=1S/C17H16ClF3N6O/c1-25(8-13-11(18)7-22-26(13)2)16(28)10-6-23-27-14(17(19,20)21)5-12(9-3-4-9)24-15(10)27/h5-7,9H,3-4,8H2,1-2H3. The van der Waals surface area contributed by atoms with Gasteiger partial charge in [0, 0.05) is 25.7 Å². The zero-order valence-electron chi connectivity index (χ0n) is 15.0. The molecule has 0 aliphatic heterocycles. The number of amides is 1. The number of carbonyl (C=O) groups is 1. The Kier molecular flexibility index (Phi) is 4.33. The topological polar surface area (TPSA) is 68.3 Å². The van der Waals surface area contributed by atoms with Gasteiger partial charge in [0.25, 0.3) is 5.91 Å². The van der Waals surface area contributed by atoms with Gasteiger partial charge in [-0.3, -0.25) is 9.48 Å². The molecule has 0 N–H and O–H groups in total. The van der Waals surface area contributed by atoms with Crippen molar-refractivity contribution in [2.24, 2.45) is 7.05 Å². The van der Waals surface area contributed by atoms with Gasteiger partial charge in [0.2, 0.25) is 0 Å². The van der Waals surface area contributed by atoms with Crippen molar-refractivity contribution in [2.45, 2.75) is 31.5 Å².